The van der Waals surface area contributed by atoms with Crippen LogP contribution in [0.2, 0.25) is 5.02 Å². The van der Waals surface area contributed by atoms with Gasteiger partial charge in [-0.15, -0.1) is 10.2 Å². The molecule has 2 heterocycles. The van der Waals surface area contributed by atoms with Gasteiger partial charge in [0.1, 0.15) is 17.4 Å². The molecule has 0 amide bonds. The van der Waals surface area contributed by atoms with E-state index in [9.17, 15) is 5.26 Å². The average Bonchev–Trinajstić information content (AvgIpc) is 3.17. The molecule has 0 aliphatic heterocycles. The Morgan fingerprint density at radius 3 is 3.00 bits per heavy atom. The molecule has 0 unspecified atom stereocenters. The molecule has 0 aliphatic rings. The van der Waals surface area contributed by atoms with E-state index in [1.807, 2.05) is 26.0 Å². The number of nitriles is 1. The van der Waals surface area contributed by atoms with Crippen LogP contribution in [-0.4, -0.2) is 20.6 Å². The van der Waals surface area contributed by atoms with Crippen molar-refractivity contribution in [3.63, 3.8) is 0 Å². The number of nitrogens with one attached hydrogen (secondary N) is 2. The lowest BCUT2D eigenvalue weighted by Crippen LogP contribution is -1.93. The van der Waals surface area contributed by atoms with Crippen LogP contribution in [-0.2, 0) is 6.42 Å². The van der Waals surface area contributed by atoms with Crippen LogP contribution in [0.5, 0.6) is 0 Å². The molecular weight excluding hydrogens is 316 g/mol. The van der Waals surface area contributed by atoms with Crippen LogP contribution in [0.25, 0.3) is 16.5 Å². The molecule has 0 spiro atoms. The Morgan fingerprint density at radius 1 is 1.52 bits per heavy atom. The van der Waals surface area contributed by atoms with E-state index in [0.717, 1.165) is 23.1 Å². The molecule has 0 aliphatic carbocycles. The topological polar surface area (TPSA) is 103 Å². The summed E-state index contributed by atoms with van der Waals surface area (Å²) in [6.07, 6.45) is 2.29. The number of anilines is 1. The van der Waals surface area contributed by atoms with Gasteiger partial charge in [-0.2, -0.15) is 10.5 Å². The summed E-state index contributed by atoms with van der Waals surface area (Å²) in [6, 6.07) is 5.63. The Kier molecular flexibility index (Phi) is 4.00. The van der Waals surface area contributed by atoms with Crippen LogP contribution in [0.3, 0.4) is 0 Å². The summed E-state index contributed by atoms with van der Waals surface area (Å²) < 4.78 is 5.91. The lowest BCUT2D eigenvalue weighted by molar-refractivity contribution is 0.554. The summed E-state index contributed by atoms with van der Waals surface area (Å²) in [7, 11) is 0. The highest BCUT2D eigenvalue weighted by molar-refractivity contribution is 6.32. The van der Waals surface area contributed by atoms with E-state index in [0.29, 0.717) is 16.3 Å². The summed E-state index contributed by atoms with van der Waals surface area (Å²) in [5.74, 6) is 1.12. The molecule has 0 bridgehead atoms. The van der Waals surface area contributed by atoms with E-state index in [1.54, 1.807) is 6.07 Å². The number of fused-ring (bicyclic) bond motifs is 1. The lowest BCUT2D eigenvalue weighted by Gasteiger charge is -2.03. The molecule has 0 fully saturated rings. The molecule has 0 saturated heterocycles. The monoisotopic (exact) mass is 328 g/mol. The highest BCUT2D eigenvalue weighted by Crippen LogP contribution is 2.34. The standard InChI is InChI=1S/C15H13ClN6O/c1-3-13-8(2)11-4-10(16)5-12(14(11)23-13)18-7-9(6-17)15-19-21-22-20-15/h4-5,7,18H,3H2,1-2H3,(H,19,20,21,22). The number of hydrogen-bond donors (Lipinski definition) is 2. The Hall–Kier alpha value is -2.85. The predicted octanol–water partition coefficient (Wildman–Crippen LogP) is 3.45. The maximum Gasteiger partial charge on any atom is 0.216 e. The fourth-order valence-electron chi connectivity index (χ4n) is 2.35. The molecular formula is C15H13ClN6O. The van der Waals surface area contributed by atoms with Gasteiger partial charge in [0.05, 0.1) is 5.69 Å². The second-order valence-electron chi connectivity index (χ2n) is 4.88. The molecule has 0 radical (unpaired) electrons. The molecule has 3 aromatic rings. The molecule has 2 N–H and O–H groups in total. The van der Waals surface area contributed by atoms with E-state index < -0.39 is 0 Å². The maximum absolute atomic E-state index is 9.20. The number of aromatic nitrogens is 4. The lowest BCUT2D eigenvalue weighted by atomic mass is 10.1. The first kappa shape index (κ1) is 15.1. The van der Waals surface area contributed by atoms with Gasteiger partial charge in [0.15, 0.2) is 5.58 Å². The first-order valence-corrected chi connectivity index (χ1v) is 7.34. The van der Waals surface area contributed by atoms with Crippen molar-refractivity contribution < 1.29 is 4.42 Å². The number of tetrazole rings is 1. The van der Waals surface area contributed by atoms with Crippen molar-refractivity contribution in [1.29, 1.82) is 5.26 Å². The molecule has 7 nitrogen and oxygen atoms in total. The van der Waals surface area contributed by atoms with Gasteiger partial charge in [0.25, 0.3) is 0 Å². The van der Waals surface area contributed by atoms with E-state index in [1.165, 1.54) is 6.20 Å². The molecule has 23 heavy (non-hydrogen) atoms. The zero-order valence-electron chi connectivity index (χ0n) is 12.5. The van der Waals surface area contributed by atoms with Crippen LogP contribution in [0, 0.1) is 18.3 Å². The summed E-state index contributed by atoms with van der Waals surface area (Å²) in [5, 5.41) is 27.1. The second-order valence-corrected chi connectivity index (χ2v) is 5.32. The Bertz CT molecular complexity index is 920. The van der Waals surface area contributed by atoms with Crippen LogP contribution in [0.1, 0.15) is 24.1 Å². The molecule has 1 aromatic carbocycles. The Balaban J connectivity index is 2.05. The number of benzene rings is 1. The third-order valence-electron chi connectivity index (χ3n) is 3.50. The fourth-order valence-corrected chi connectivity index (χ4v) is 2.57. The number of halogens is 1. The summed E-state index contributed by atoms with van der Waals surface area (Å²) in [6.45, 7) is 4.03. The van der Waals surface area contributed by atoms with Crippen LogP contribution < -0.4 is 5.32 Å². The number of aromatic amines is 1. The van der Waals surface area contributed by atoms with Gasteiger partial charge < -0.3 is 9.73 Å². The second kappa shape index (κ2) is 6.10. The smallest absolute Gasteiger partial charge is 0.216 e. The molecule has 3 rings (SSSR count). The third kappa shape index (κ3) is 2.76. The zero-order chi connectivity index (χ0) is 16.4. The van der Waals surface area contributed by atoms with Gasteiger partial charge in [0, 0.05) is 23.0 Å². The van der Waals surface area contributed by atoms with Crippen molar-refractivity contribution in [3.8, 4) is 6.07 Å². The number of rotatable bonds is 4. The predicted molar refractivity (Wildman–Crippen MR) is 86.7 cm³/mol. The van der Waals surface area contributed by atoms with E-state index in [2.05, 4.69) is 25.9 Å². The van der Waals surface area contributed by atoms with Crippen LogP contribution in [0.15, 0.2) is 22.7 Å². The quantitative estimate of drug-likeness (QED) is 0.711. The number of hydrogen-bond acceptors (Lipinski definition) is 6. The largest absolute Gasteiger partial charge is 0.459 e. The first-order chi connectivity index (χ1) is 11.1. The fraction of sp³-hybridized carbons (Fsp3) is 0.200. The minimum absolute atomic E-state index is 0.211. The summed E-state index contributed by atoms with van der Waals surface area (Å²) in [5.41, 5.74) is 2.68. The minimum Gasteiger partial charge on any atom is -0.459 e. The number of nitrogens with zero attached hydrogens (tertiary/aromatic N) is 4. The van der Waals surface area contributed by atoms with Crippen molar-refractivity contribution >= 4 is 33.8 Å². The van der Waals surface area contributed by atoms with Crippen LogP contribution in [0.4, 0.5) is 5.69 Å². The van der Waals surface area contributed by atoms with Gasteiger partial charge in [-0.05, 0) is 29.8 Å². The van der Waals surface area contributed by atoms with Gasteiger partial charge >= 0.3 is 0 Å². The average molecular weight is 329 g/mol. The van der Waals surface area contributed by atoms with Crippen molar-refractivity contribution in [2.24, 2.45) is 0 Å². The number of allylic oxidation sites excluding steroid dienone is 1. The number of furan rings is 1. The third-order valence-corrected chi connectivity index (χ3v) is 3.72. The van der Waals surface area contributed by atoms with Crippen molar-refractivity contribution in [1.82, 2.24) is 20.6 Å². The molecule has 0 atom stereocenters. The zero-order valence-corrected chi connectivity index (χ0v) is 13.3. The highest BCUT2D eigenvalue weighted by atomic mass is 35.5. The number of aryl methyl sites for hydroxylation is 2. The molecule has 116 valence electrons. The van der Waals surface area contributed by atoms with Crippen molar-refractivity contribution in [3.05, 3.63) is 40.5 Å². The van der Waals surface area contributed by atoms with Crippen molar-refractivity contribution in [2.45, 2.75) is 20.3 Å². The SMILES string of the molecule is CCc1oc2c(NC=C(C#N)c3nn[nH]n3)cc(Cl)cc2c1C. The normalized spacial score (nSPS) is 11.7. The molecule has 2 aromatic heterocycles. The van der Waals surface area contributed by atoms with Gasteiger partial charge in [0.2, 0.25) is 5.82 Å². The highest BCUT2D eigenvalue weighted by Gasteiger charge is 2.14. The molecule has 0 saturated carbocycles. The van der Waals surface area contributed by atoms with Crippen LogP contribution >= 0.6 is 11.6 Å². The summed E-state index contributed by atoms with van der Waals surface area (Å²) in [4.78, 5) is 0. The minimum atomic E-state index is 0.211. The van der Waals surface area contributed by atoms with E-state index >= 15 is 0 Å². The molecule has 8 heteroatoms. The first-order valence-electron chi connectivity index (χ1n) is 6.96. The van der Waals surface area contributed by atoms with E-state index in [4.69, 9.17) is 16.0 Å². The van der Waals surface area contributed by atoms with Crippen molar-refractivity contribution in [2.75, 3.05) is 5.32 Å². The number of H-pyrrole nitrogens is 1. The Morgan fingerprint density at radius 2 is 2.35 bits per heavy atom. The van der Waals surface area contributed by atoms with E-state index in [-0.39, 0.29) is 11.4 Å². The Labute approximate surface area is 136 Å². The van der Waals surface area contributed by atoms with Gasteiger partial charge in [-0.25, -0.2) is 0 Å². The summed E-state index contributed by atoms with van der Waals surface area (Å²) >= 11 is 6.19. The van der Waals surface area contributed by atoms with Gasteiger partial charge in [-0.3, -0.25) is 0 Å². The maximum atomic E-state index is 9.20. The van der Waals surface area contributed by atoms with Gasteiger partial charge in [-0.1, -0.05) is 18.5 Å².